The second kappa shape index (κ2) is 6.19. The summed E-state index contributed by atoms with van der Waals surface area (Å²) in [6.45, 7) is 17.6. The van der Waals surface area contributed by atoms with Crippen LogP contribution in [0.4, 0.5) is 0 Å². The van der Waals surface area contributed by atoms with Gasteiger partial charge in [0.05, 0.1) is 0 Å². The predicted molar refractivity (Wildman–Crippen MR) is 76.4 cm³/mol. The predicted octanol–water partition coefficient (Wildman–Crippen LogP) is 3.13. The Morgan fingerprint density at radius 2 is 1.94 bits per heavy atom. The van der Waals surface area contributed by atoms with Gasteiger partial charge in [0.1, 0.15) is 0 Å². The molecule has 3 unspecified atom stereocenters. The fraction of sp³-hybridized carbons (Fsp3) is 1.00. The Morgan fingerprint density at radius 3 is 2.47 bits per heavy atom. The average molecular weight is 240 g/mol. The Balaban J connectivity index is 2.60. The fourth-order valence-electron chi connectivity index (χ4n) is 2.80. The van der Waals surface area contributed by atoms with E-state index >= 15 is 0 Å². The summed E-state index contributed by atoms with van der Waals surface area (Å²) < 4.78 is 0. The van der Waals surface area contributed by atoms with Crippen molar-refractivity contribution in [1.82, 2.24) is 10.2 Å². The number of hydrogen-bond donors (Lipinski definition) is 1. The normalized spacial score (nSPS) is 29.3. The van der Waals surface area contributed by atoms with Crippen LogP contribution in [0.15, 0.2) is 0 Å². The van der Waals surface area contributed by atoms with Crippen LogP contribution >= 0.6 is 0 Å². The highest BCUT2D eigenvalue weighted by Gasteiger charge is 2.30. The minimum absolute atomic E-state index is 0.344. The van der Waals surface area contributed by atoms with Crippen LogP contribution in [0.2, 0.25) is 0 Å². The van der Waals surface area contributed by atoms with E-state index in [2.05, 4.69) is 51.8 Å². The molecule has 0 bridgehead atoms. The lowest BCUT2D eigenvalue weighted by Gasteiger charge is -2.43. The molecule has 102 valence electrons. The van der Waals surface area contributed by atoms with E-state index < -0.39 is 0 Å². The van der Waals surface area contributed by atoms with Gasteiger partial charge in [-0.25, -0.2) is 0 Å². The molecular weight excluding hydrogens is 208 g/mol. The van der Waals surface area contributed by atoms with Gasteiger partial charge in [0.25, 0.3) is 0 Å². The molecule has 0 radical (unpaired) electrons. The van der Waals surface area contributed by atoms with E-state index in [9.17, 15) is 0 Å². The molecule has 1 saturated heterocycles. The molecule has 0 saturated carbocycles. The summed E-state index contributed by atoms with van der Waals surface area (Å²) in [5.41, 5.74) is 0.344. The van der Waals surface area contributed by atoms with Crippen molar-refractivity contribution in [1.29, 1.82) is 0 Å². The SMILES string of the molecule is CCNC(CN1CCCC(C)C1C)C(C)(C)C. The van der Waals surface area contributed by atoms with E-state index in [0.29, 0.717) is 11.5 Å². The second-order valence-electron chi connectivity index (χ2n) is 6.83. The third kappa shape index (κ3) is 4.26. The van der Waals surface area contributed by atoms with Crippen LogP contribution < -0.4 is 5.32 Å². The van der Waals surface area contributed by atoms with Crippen LogP contribution in [0.1, 0.15) is 54.4 Å². The molecule has 0 aromatic rings. The summed E-state index contributed by atoms with van der Waals surface area (Å²) in [4.78, 5) is 2.69. The van der Waals surface area contributed by atoms with Crippen LogP contribution in [0.5, 0.6) is 0 Å². The van der Waals surface area contributed by atoms with Crippen molar-refractivity contribution in [3.63, 3.8) is 0 Å². The molecule has 0 spiro atoms. The van der Waals surface area contributed by atoms with E-state index in [1.54, 1.807) is 0 Å². The van der Waals surface area contributed by atoms with E-state index in [1.807, 2.05) is 0 Å². The molecule has 0 amide bonds. The van der Waals surface area contributed by atoms with Crippen LogP contribution in [0, 0.1) is 11.3 Å². The molecule has 1 aliphatic heterocycles. The molecule has 1 N–H and O–H groups in total. The van der Waals surface area contributed by atoms with Crippen molar-refractivity contribution in [2.45, 2.75) is 66.5 Å². The molecular formula is C15H32N2. The van der Waals surface area contributed by atoms with E-state index in [-0.39, 0.29) is 0 Å². The van der Waals surface area contributed by atoms with Crippen molar-refractivity contribution in [2.24, 2.45) is 11.3 Å². The van der Waals surface area contributed by atoms with Gasteiger partial charge in [0.15, 0.2) is 0 Å². The summed E-state index contributed by atoms with van der Waals surface area (Å²) in [5.74, 6) is 0.853. The summed E-state index contributed by atoms with van der Waals surface area (Å²) in [6, 6.07) is 1.34. The average Bonchev–Trinajstić information content (AvgIpc) is 2.22. The van der Waals surface area contributed by atoms with Gasteiger partial charge >= 0.3 is 0 Å². The lowest BCUT2D eigenvalue weighted by Crippen LogP contribution is -2.53. The van der Waals surface area contributed by atoms with Crippen LogP contribution in [-0.4, -0.2) is 36.6 Å². The molecule has 1 heterocycles. The Bertz CT molecular complexity index is 219. The first-order valence-electron chi connectivity index (χ1n) is 7.33. The van der Waals surface area contributed by atoms with Crippen LogP contribution in [0.3, 0.4) is 0 Å². The Morgan fingerprint density at radius 1 is 1.29 bits per heavy atom. The summed E-state index contributed by atoms with van der Waals surface area (Å²) in [7, 11) is 0. The summed E-state index contributed by atoms with van der Waals surface area (Å²) in [6.07, 6.45) is 2.77. The third-order valence-electron chi connectivity index (χ3n) is 4.42. The highest BCUT2D eigenvalue weighted by molar-refractivity contribution is 4.87. The molecule has 1 rings (SSSR count). The van der Waals surface area contributed by atoms with Crippen molar-refractivity contribution in [2.75, 3.05) is 19.6 Å². The first kappa shape index (κ1) is 15.0. The van der Waals surface area contributed by atoms with E-state index in [0.717, 1.165) is 18.5 Å². The molecule has 2 nitrogen and oxygen atoms in total. The van der Waals surface area contributed by atoms with Gasteiger partial charge in [0, 0.05) is 18.6 Å². The van der Waals surface area contributed by atoms with Gasteiger partial charge in [-0.3, -0.25) is 4.90 Å². The first-order valence-corrected chi connectivity index (χ1v) is 7.33. The third-order valence-corrected chi connectivity index (χ3v) is 4.42. The monoisotopic (exact) mass is 240 g/mol. The number of rotatable bonds is 4. The van der Waals surface area contributed by atoms with Crippen molar-refractivity contribution in [3.05, 3.63) is 0 Å². The van der Waals surface area contributed by atoms with Gasteiger partial charge in [-0.2, -0.15) is 0 Å². The number of likely N-dealkylation sites (tertiary alicyclic amines) is 1. The van der Waals surface area contributed by atoms with Gasteiger partial charge in [-0.1, -0.05) is 34.6 Å². The molecule has 0 aromatic heterocycles. The zero-order valence-corrected chi connectivity index (χ0v) is 12.7. The summed E-state index contributed by atoms with van der Waals surface area (Å²) in [5, 5.41) is 3.66. The quantitative estimate of drug-likeness (QED) is 0.812. The number of nitrogens with one attached hydrogen (secondary N) is 1. The Kier molecular flexibility index (Phi) is 5.46. The van der Waals surface area contributed by atoms with Gasteiger partial charge in [-0.15, -0.1) is 0 Å². The highest BCUT2D eigenvalue weighted by atomic mass is 15.2. The number of likely N-dealkylation sites (N-methyl/N-ethyl adjacent to an activating group) is 1. The zero-order valence-electron chi connectivity index (χ0n) is 12.7. The second-order valence-corrected chi connectivity index (χ2v) is 6.83. The standard InChI is InChI=1S/C15H32N2/c1-7-16-14(15(4,5)6)11-17-10-8-9-12(2)13(17)3/h12-14,16H,7-11H2,1-6H3. The molecule has 1 aliphatic rings. The fourth-order valence-corrected chi connectivity index (χ4v) is 2.80. The van der Waals surface area contributed by atoms with E-state index in [4.69, 9.17) is 0 Å². The van der Waals surface area contributed by atoms with Gasteiger partial charge in [-0.05, 0) is 44.2 Å². The maximum absolute atomic E-state index is 3.66. The first-order chi connectivity index (χ1) is 7.86. The van der Waals surface area contributed by atoms with Crippen LogP contribution in [0.25, 0.3) is 0 Å². The van der Waals surface area contributed by atoms with Gasteiger partial charge in [0.2, 0.25) is 0 Å². The number of piperidine rings is 1. The van der Waals surface area contributed by atoms with Crippen molar-refractivity contribution in [3.8, 4) is 0 Å². The van der Waals surface area contributed by atoms with Crippen LogP contribution in [-0.2, 0) is 0 Å². The number of nitrogens with zero attached hydrogens (tertiary/aromatic N) is 1. The Labute approximate surface area is 108 Å². The summed E-state index contributed by atoms with van der Waals surface area (Å²) >= 11 is 0. The highest BCUT2D eigenvalue weighted by Crippen LogP contribution is 2.26. The molecule has 1 fully saturated rings. The minimum Gasteiger partial charge on any atom is -0.312 e. The van der Waals surface area contributed by atoms with Crippen molar-refractivity contribution >= 4 is 0 Å². The molecule has 0 aliphatic carbocycles. The van der Waals surface area contributed by atoms with Gasteiger partial charge < -0.3 is 5.32 Å². The smallest absolute Gasteiger partial charge is 0.0243 e. The molecule has 17 heavy (non-hydrogen) atoms. The maximum Gasteiger partial charge on any atom is 0.0243 e. The molecule has 2 heteroatoms. The lowest BCUT2D eigenvalue weighted by atomic mass is 9.84. The van der Waals surface area contributed by atoms with E-state index in [1.165, 1.54) is 25.9 Å². The minimum atomic E-state index is 0.344. The topological polar surface area (TPSA) is 15.3 Å². The zero-order chi connectivity index (χ0) is 13.1. The maximum atomic E-state index is 3.66. The Hall–Kier alpha value is -0.0800. The largest absolute Gasteiger partial charge is 0.312 e. The molecule has 0 aromatic carbocycles. The number of hydrogen-bond acceptors (Lipinski definition) is 2. The van der Waals surface area contributed by atoms with Crippen molar-refractivity contribution < 1.29 is 0 Å². The molecule has 3 atom stereocenters. The lowest BCUT2D eigenvalue weighted by molar-refractivity contribution is 0.0807.